The SMILES string of the molecule is FC(F)(F)CONCc1csc(Br)c1. The van der Waals surface area contributed by atoms with Crippen LogP contribution in [0.3, 0.4) is 0 Å². The molecule has 1 rings (SSSR count). The highest BCUT2D eigenvalue weighted by Crippen LogP contribution is 2.20. The standard InChI is InChI=1S/C7H7BrF3NOS/c8-6-1-5(3-14-6)2-12-13-4-7(9,10)11/h1,3,12H,2,4H2. The van der Waals surface area contributed by atoms with E-state index in [2.05, 4.69) is 26.2 Å². The lowest BCUT2D eigenvalue weighted by molar-refractivity contribution is -0.190. The Kier molecular flexibility index (Phi) is 4.36. The predicted molar refractivity (Wildman–Crippen MR) is 50.9 cm³/mol. The van der Waals surface area contributed by atoms with Crippen molar-refractivity contribution in [3.63, 3.8) is 0 Å². The highest BCUT2D eigenvalue weighted by molar-refractivity contribution is 9.11. The Balaban J connectivity index is 2.16. The van der Waals surface area contributed by atoms with E-state index in [0.29, 0.717) is 0 Å². The molecular formula is C7H7BrF3NOS. The van der Waals surface area contributed by atoms with Gasteiger partial charge in [0.1, 0.15) is 0 Å². The van der Waals surface area contributed by atoms with Crippen LogP contribution in [-0.4, -0.2) is 12.8 Å². The molecule has 1 heterocycles. The Hall–Kier alpha value is -0.110. The van der Waals surface area contributed by atoms with Crippen molar-refractivity contribution in [2.45, 2.75) is 12.7 Å². The first-order chi connectivity index (χ1) is 6.47. The first-order valence-electron chi connectivity index (χ1n) is 3.62. The summed E-state index contributed by atoms with van der Waals surface area (Å²) in [5, 5.41) is 1.83. The van der Waals surface area contributed by atoms with Gasteiger partial charge in [0.05, 0.1) is 3.79 Å². The van der Waals surface area contributed by atoms with Gasteiger partial charge >= 0.3 is 6.18 Å². The zero-order chi connectivity index (χ0) is 10.6. The molecule has 7 heteroatoms. The fourth-order valence-electron chi connectivity index (χ4n) is 0.706. The first-order valence-corrected chi connectivity index (χ1v) is 5.29. The van der Waals surface area contributed by atoms with Crippen LogP contribution in [0, 0.1) is 0 Å². The van der Waals surface area contributed by atoms with Crippen molar-refractivity contribution < 1.29 is 18.0 Å². The van der Waals surface area contributed by atoms with Gasteiger partial charge in [-0.15, -0.1) is 11.3 Å². The van der Waals surface area contributed by atoms with Crippen LogP contribution in [0.2, 0.25) is 0 Å². The molecule has 0 unspecified atom stereocenters. The van der Waals surface area contributed by atoms with Crippen LogP contribution in [0.1, 0.15) is 5.56 Å². The van der Waals surface area contributed by atoms with Crippen LogP contribution in [0.4, 0.5) is 13.2 Å². The summed E-state index contributed by atoms with van der Waals surface area (Å²) in [6.45, 7) is -1.02. The number of hydrogen-bond acceptors (Lipinski definition) is 3. The monoisotopic (exact) mass is 289 g/mol. The molecule has 1 N–H and O–H groups in total. The van der Waals surface area contributed by atoms with E-state index in [1.807, 2.05) is 11.4 Å². The van der Waals surface area contributed by atoms with Gasteiger partial charge in [0, 0.05) is 6.54 Å². The third-order valence-electron chi connectivity index (χ3n) is 1.24. The third-order valence-corrected chi connectivity index (χ3v) is 2.79. The maximum Gasteiger partial charge on any atom is 0.413 e. The number of hydrogen-bond donors (Lipinski definition) is 1. The molecule has 1 aromatic rings. The fraction of sp³-hybridized carbons (Fsp3) is 0.429. The highest BCUT2D eigenvalue weighted by atomic mass is 79.9. The molecule has 0 saturated heterocycles. The number of hydroxylamine groups is 1. The Labute approximate surface area is 91.1 Å². The Bertz CT molecular complexity index is 289. The molecule has 0 aliphatic carbocycles. The van der Waals surface area contributed by atoms with E-state index in [4.69, 9.17) is 0 Å². The normalized spacial score (nSPS) is 12.0. The molecule has 0 atom stereocenters. The van der Waals surface area contributed by atoms with Gasteiger partial charge in [-0.05, 0) is 32.9 Å². The molecule has 0 aliphatic heterocycles. The minimum atomic E-state index is -4.29. The summed E-state index contributed by atoms with van der Waals surface area (Å²) in [6, 6.07) is 1.81. The molecule has 0 aliphatic rings. The van der Waals surface area contributed by atoms with Gasteiger partial charge in [-0.3, -0.25) is 4.84 Å². The molecule has 1 aromatic heterocycles. The number of halogens is 4. The lowest BCUT2D eigenvalue weighted by Gasteiger charge is -2.07. The maximum absolute atomic E-state index is 11.6. The minimum Gasteiger partial charge on any atom is -0.292 e. The molecule has 0 radical (unpaired) electrons. The van der Waals surface area contributed by atoms with E-state index in [0.717, 1.165) is 9.35 Å². The van der Waals surface area contributed by atoms with E-state index in [9.17, 15) is 13.2 Å². The van der Waals surface area contributed by atoms with Crippen molar-refractivity contribution in [1.29, 1.82) is 0 Å². The van der Waals surface area contributed by atoms with Gasteiger partial charge in [-0.25, -0.2) is 0 Å². The molecule has 14 heavy (non-hydrogen) atoms. The smallest absolute Gasteiger partial charge is 0.292 e. The molecule has 80 valence electrons. The molecule has 0 amide bonds. The number of thiophene rings is 1. The first kappa shape index (κ1) is 12.0. The van der Waals surface area contributed by atoms with Gasteiger partial charge in [-0.2, -0.15) is 18.7 Å². The van der Waals surface area contributed by atoms with Crippen LogP contribution in [-0.2, 0) is 11.4 Å². The fourth-order valence-corrected chi connectivity index (χ4v) is 1.91. The quantitative estimate of drug-likeness (QED) is 0.679. The summed E-state index contributed by atoms with van der Waals surface area (Å²) in [7, 11) is 0. The molecular weight excluding hydrogens is 283 g/mol. The van der Waals surface area contributed by atoms with Crippen molar-refractivity contribution in [3.05, 3.63) is 20.8 Å². The lowest BCUT2D eigenvalue weighted by atomic mass is 10.4. The van der Waals surface area contributed by atoms with Gasteiger partial charge in [0.25, 0.3) is 0 Å². The second-order valence-corrected chi connectivity index (χ2v) is 4.77. The summed E-state index contributed by atoms with van der Waals surface area (Å²) >= 11 is 4.71. The average molecular weight is 290 g/mol. The average Bonchev–Trinajstić information content (AvgIpc) is 2.44. The number of nitrogens with one attached hydrogen (secondary N) is 1. The van der Waals surface area contributed by atoms with Gasteiger partial charge in [-0.1, -0.05) is 0 Å². The summed E-state index contributed by atoms with van der Waals surface area (Å²) < 4.78 is 35.8. The summed E-state index contributed by atoms with van der Waals surface area (Å²) in [6.07, 6.45) is -4.29. The van der Waals surface area contributed by atoms with E-state index < -0.39 is 12.8 Å². The summed E-state index contributed by atoms with van der Waals surface area (Å²) in [5.74, 6) is 0. The topological polar surface area (TPSA) is 21.3 Å². The van der Waals surface area contributed by atoms with Crippen LogP contribution >= 0.6 is 27.3 Å². The maximum atomic E-state index is 11.6. The summed E-state index contributed by atoms with van der Waals surface area (Å²) in [5.41, 5.74) is 3.12. The largest absolute Gasteiger partial charge is 0.413 e. The van der Waals surface area contributed by atoms with Crippen molar-refractivity contribution in [2.75, 3.05) is 6.61 Å². The molecule has 0 saturated carbocycles. The minimum absolute atomic E-state index is 0.262. The Morgan fingerprint density at radius 1 is 1.50 bits per heavy atom. The van der Waals surface area contributed by atoms with Crippen molar-refractivity contribution in [1.82, 2.24) is 5.48 Å². The van der Waals surface area contributed by atoms with Gasteiger partial charge < -0.3 is 0 Å². The number of alkyl halides is 3. The van der Waals surface area contributed by atoms with E-state index in [1.165, 1.54) is 11.3 Å². The third kappa shape index (κ3) is 4.94. The van der Waals surface area contributed by atoms with Crippen molar-refractivity contribution >= 4 is 27.3 Å². The van der Waals surface area contributed by atoms with Gasteiger partial charge in [0.15, 0.2) is 6.61 Å². The van der Waals surface area contributed by atoms with Gasteiger partial charge in [0.2, 0.25) is 0 Å². The Morgan fingerprint density at radius 2 is 2.21 bits per heavy atom. The van der Waals surface area contributed by atoms with E-state index >= 15 is 0 Å². The molecule has 0 bridgehead atoms. The molecule has 0 aromatic carbocycles. The summed E-state index contributed by atoms with van der Waals surface area (Å²) in [4.78, 5) is 4.23. The van der Waals surface area contributed by atoms with Crippen molar-refractivity contribution in [2.24, 2.45) is 0 Å². The second-order valence-electron chi connectivity index (χ2n) is 2.48. The molecule has 2 nitrogen and oxygen atoms in total. The molecule has 0 fully saturated rings. The predicted octanol–water partition coefficient (Wildman–Crippen LogP) is 3.09. The molecule has 0 spiro atoms. The zero-order valence-electron chi connectivity index (χ0n) is 6.90. The number of rotatable bonds is 4. The zero-order valence-corrected chi connectivity index (χ0v) is 9.30. The van der Waals surface area contributed by atoms with Crippen LogP contribution in [0.15, 0.2) is 15.2 Å². The van der Waals surface area contributed by atoms with Crippen LogP contribution in [0.5, 0.6) is 0 Å². The lowest BCUT2D eigenvalue weighted by Crippen LogP contribution is -2.24. The van der Waals surface area contributed by atoms with E-state index in [-0.39, 0.29) is 6.54 Å². The highest BCUT2D eigenvalue weighted by Gasteiger charge is 2.27. The second kappa shape index (κ2) is 5.11. The Morgan fingerprint density at radius 3 is 2.71 bits per heavy atom. The van der Waals surface area contributed by atoms with Crippen LogP contribution in [0.25, 0.3) is 0 Å². The van der Waals surface area contributed by atoms with E-state index in [1.54, 1.807) is 0 Å². The van der Waals surface area contributed by atoms with Crippen molar-refractivity contribution in [3.8, 4) is 0 Å². The van der Waals surface area contributed by atoms with Crippen LogP contribution < -0.4 is 5.48 Å².